The van der Waals surface area contributed by atoms with Gasteiger partial charge in [0.15, 0.2) is 5.96 Å². The molecule has 28 heavy (non-hydrogen) atoms. The summed E-state index contributed by atoms with van der Waals surface area (Å²) in [4.78, 5) is 6.94. The van der Waals surface area contributed by atoms with E-state index in [1.165, 1.54) is 12.8 Å². The molecule has 3 aliphatic heterocycles. The fourth-order valence-electron chi connectivity index (χ4n) is 4.05. The maximum Gasteiger partial charge on any atom is 0.214 e. The van der Waals surface area contributed by atoms with Gasteiger partial charge >= 0.3 is 0 Å². The number of hydrogen-bond donors (Lipinski definition) is 1. The molecule has 1 unspecified atom stereocenters. The highest BCUT2D eigenvalue weighted by atomic mass is 32.2. The fraction of sp³-hybridized carbons (Fsp3) is 0.947. The molecule has 0 aromatic heterocycles. The van der Waals surface area contributed by atoms with Crippen molar-refractivity contribution in [3.8, 4) is 0 Å². The molecule has 0 aromatic rings. The van der Waals surface area contributed by atoms with Crippen LogP contribution in [0.2, 0.25) is 0 Å². The van der Waals surface area contributed by atoms with Gasteiger partial charge in [-0.15, -0.1) is 0 Å². The normalized spacial score (nSPS) is 27.2. The van der Waals surface area contributed by atoms with Crippen LogP contribution in [0.5, 0.6) is 0 Å². The highest BCUT2D eigenvalue weighted by Gasteiger charge is 2.28. The van der Waals surface area contributed by atoms with Crippen LogP contribution in [0.25, 0.3) is 0 Å². The van der Waals surface area contributed by atoms with E-state index in [0.717, 1.165) is 57.9 Å². The molecule has 3 heterocycles. The number of rotatable bonds is 7. The van der Waals surface area contributed by atoms with Crippen molar-refractivity contribution in [3.05, 3.63) is 0 Å². The summed E-state index contributed by atoms with van der Waals surface area (Å²) >= 11 is 0. The number of sulfonamides is 1. The molecule has 0 bridgehead atoms. The largest absolute Gasteiger partial charge is 0.376 e. The van der Waals surface area contributed by atoms with Gasteiger partial charge in [0, 0.05) is 39.3 Å². The van der Waals surface area contributed by atoms with Crippen LogP contribution in [0, 0.1) is 0 Å². The van der Waals surface area contributed by atoms with Crippen LogP contribution >= 0.6 is 0 Å². The lowest BCUT2D eigenvalue weighted by Gasteiger charge is -2.35. The van der Waals surface area contributed by atoms with E-state index in [1.807, 2.05) is 0 Å². The third-order valence-corrected chi connectivity index (χ3v) is 7.64. The van der Waals surface area contributed by atoms with Crippen molar-refractivity contribution in [2.24, 2.45) is 4.99 Å². The highest BCUT2D eigenvalue weighted by Crippen LogP contribution is 2.18. The molecule has 9 heteroatoms. The van der Waals surface area contributed by atoms with Gasteiger partial charge in [0.05, 0.1) is 31.1 Å². The van der Waals surface area contributed by atoms with Gasteiger partial charge in [0.25, 0.3) is 0 Å². The summed E-state index contributed by atoms with van der Waals surface area (Å²) < 4.78 is 37.2. The molecule has 1 atom stereocenters. The summed E-state index contributed by atoms with van der Waals surface area (Å²) in [6.45, 7) is 7.85. The van der Waals surface area contributed by atoms with Crippen molar-refractivity contribution in [2.45, 2.75) is 57.7 Å². The number of nitrogens with one attached hydrogen (secondary N) is 1. The lowest BCUT2D eigenvalue weighted by Crippen LogP contribution is -2.47. The summed E-state index contributed by atoms with van der Waals surface area (Å²) in [5.74, 6) is 1.16. The second-order valence-electron chi connectivity index (χ2n) is 7.81. The van der Waals surface area contributed by atoms with E-state index in [9.17, 15) is 8.42 Å². The zero-order valence-electron chi connectivity index (χ0n) is 17.1. The van der Waals surface area contributed by atoms with E-state index < -0.39 is 10.0 Å². The predicted molar refractivity (Wildman–Crippen MR) is 110 cm³/mol. The minimum Gasteiger partial charge on any atom is -0.376 e. The summed E-state index contributed by atoms with van der Waals surface area (Å²) in [6, 6.07) is 0. The van der Waals surface area contributed by atoms with E-state index in [2.05, 4.69) is 22.1 Å². The Morgan fingerprint density at radius 3 is 2.64 bits per heavy atom. The number of aliphatic imine (C=N–C) groups is 1. The van der Waals surface area contributed by atoms with Gasteiger partial charge in [0.1, 0.15) is 0 Å². The molecule has 3 fully saturated rings. The van der Waals surface area contributed by atoms with Crippen molar-refractivity contribution < 1.29 is 17.9 Å². The smallest absolute Gasteiger partial charge is 0.214 e. The molecule has 0 spiro atoms. The topological polar surface area (TPSA) is 83.5 Å². The molecule has 0 amide bonds. The Morgan fingerprint density at radius 2 is 2.00 bits per heavy atom. The molecule has 0 aromatic carbocycles. The second kappa shape index (κ2) is 10.8. The molecule has 162 valence electrons. The molecule has 8 nitrogen and oxygen atoms in total. The number of piperidine rings is 1. The Bertz CT molecular complexity index is 599. The van der Waals surface area contributed by atoms with Crippen LogP contribution in [0.1, 0.15) is 45.4 Å². The predicted octanol–water partition coefficient (Wildman–Crippen LogP) is 1.04. The van der Waals surface area contributed by atoms with Gasteiger partial charge in [-0.25, -0.2) is 12.7 Å². The molecule has 3 rings (SSSR count). The minimum absolute atomic E-state index is 0.271. The highest BCUT2D eigenvalue weighted by molar-refractivity contribution is 7.89. The van der Waals surface area contributed by atoms with E-state index >= 15 is 0 Å². The van der Waals surface area contributed by atoms with E-state index in [4.69, 9.17) is 9.47 Å². The van der Waals surface area contributed by atoms with Gasteiger partial charge in [-0.2, -0.15) is 0 Å². The van der Waals surface area contributed by atoms with Gasteiger partial charge in [-0.3, -0.25) is 4.99 Å². The molecular formula is C19H36N4O4S. The molecule has 0 radical (unpaired) electrons. The fourth-order valence-corrected chi connectivity index (χ4v) is 5.57. The average Bonchev–Trinajstić information content (AvgIpc) is 3.05. The number of likely N-dealkylation sites (tertiary alicyclic amines) is 1. The van der Waals surface area contributed by atoms with Gasteiger partial charge in [-0.05, 0) is 45.4 Å². The second-order valence-corrected chi connectivity index (χ2v) is 9.90. The first-order valence-electron chi connectivity index (χ1n) is 10.8. The summed E-state index contributed by atoms with van der Waals surface area (Å²) in [5.41, 5.74) is 0. The molecule has 1 N–H and O–H groups in total. The van der Waals surface area contributed by atoms with E-state index in [-0.39, 0.29) is 11.9 Å². The Kier molecular flexibility index (Phi) is 8.37. The van der Waals surface area contributed by atoms with Crippen LogP contribution in [0.4, 0.5) is 0 Å². The molecule has 0 saturated carbocycles. The number of hydrogen-bond acceptors (Lipinski definition) is 5. The molecule has 3 saturated heterocycles. The zero-order valence-corrected chi connectivity index (χ0v) is 18.0. The van der Waals surface area contributed by atoms with Gasteiger partial charge < -0.3 is 19.7 Å². The first-order chi connectivity index (χ1) is 13.6. The average molecular weight is 417 g/mol. The molecule has 3 aliphatic rings. The van der Waals surface area contributed by atoms with Crippen molar-refractivity contribution in [1.29, 1.82) is 0 Å². The van der Waals surface area contributed by atoms with Crippen molar-refractivity contribution in [1.82, 2.24) is 14.5 Å². The van der Waals surface area contributed by atoms with Crippen LogP contribution in [0.15, 0.2) is 4.99 Å². The van der Waals surface area contributed by atoms with Gasteiger partial charge in [0.2, 0.25) is 10.0 Å². The Labute approximate surface area is 169 Å². The summed E-state index contributed by atoms with van der Waals surface area (Å²) in [7, 11) is -3.04. The maximum atomic E-state index is 11.9. The van der Waals surface area contributed by atoms with E-state index in [1.54, 1.807) is 4.31 Å². The Morgan fingerprint density at radius 1 is 1.18 bits per heavy atom. The maximum absolute atomic E-state index is 11.9. The Balaban J connectivity index is 1.41. The number of nitrogens with zero attached hydrogens (tertiary/aromatic N) is 3. The van der Waals surface area contributed by atoms with Crippen molar-refractivity contribution in [2.75, 3.05) is 58.2 Å². The van der Waals surface area contributed by atoms with E-state index in [0.29, 0.717) is 32.3 Å². The molecule has 0 aliphatic carbocycles. The van der Waals surface area contributed by atoms with Crippen LogP contribution in [-0.4, -0.2) is 94.0 Å². The summed E-state index contributed by atoms with van der Waals surface area (Å²) in [5, 5.41) is 3.34. The zero-order chi connectivity index (χ0) is 19.8. The lowest BCUT2D eigenvalue weighted by atomic mass is 10.1. The van der Waals surface area contributed by atoms with Crippen molar-refractivity contribution >= 4 is 16.0 Å². The first kappa shape index (κ1) is 21.8. The monoisotopic (exact) mass is 416 g/mol. The van der Waals surface area contributed by atoms with Crippen LogP contribution in [-0.2, 0) is 19.5 Å². The van der Waals surface area contributed by atoms with Crippen molar-refractivity contribution in [3.63, 3.8) is 0 Å². The number of guanidine groups is 1. The third-order valence-electron chi connectivity index (χ3n) is 5.68. The van der Waals surface area contributed by atoms with Crippen LogP contribution in [0.3, 0.4) is 0 Å². The SMILES string of the molecule is CCNC(=NCCN1CCCS1(=O)=O)N1CCC(OCC2CCCCO2)CC1. The standard InChI is InChI=1S/C19H36N4O4S/c1-2-20-19(21-9-13-23-10-5-15-28(23,24)25)22-11-7-17(8-12-22)27-16-18-6-3-4-14-26-18/h17-18H,2-16H2,1H3,(H,20,21). The summed E-state index contributed by atoms with van der Waals surface area (Å²) in [6.07, 6.45) is 6.79. The third kappa shape index (κ3) is 6.30. The Hall–Kier alpha value is -0.900. The number of ether oxygens (including phenoxy) is 2. The van der Waals surface area contributed by atoms with Gasteiger partial charge in [-0.1, -0.05) is 0 Å². The van der Waals surface area contributed by atoms with Crippen LogP contribution < -0.4 is 5.32 Å². The minimum atomic E-state index is -3.04. The molecular weight excluding hydrogens is 380 g/mol. The quantitative estimate of drug-likeness (QED) is 0.493. The first-order valence-corrected chi connectivity index (χ1v) is 12.4. The lowest BCUT2D eigenvalue weighted by molar-refractivity contribution is -0.0721.